The first-order chi connectivity index (χ1) is 6.47. The molecule has 4 N–H and O–H groups in total. The topological polar surface area (TPSA) is 86.2 Å². The van der Waals surface area contributed by atoms with E-state index < -0.39 is 10.0 Å². The number of nitrogens with two attached hydrogens (primary N) is 2. The van der Waals surface area contributed by atoms with Crippen LogP contribution >= 0.6 is 0 Å². The highest BCUT2D eigenvalue weighted by molar-refractivity contribution is 7.89. The minimum absolute atomic E-state index is 0.105. The number of benzene rings is 1. The minimum Gasteiger partial charge on any atom is -0.326 e. The quantitative estimate of drug-likeness (QED) is 0.749. The molecule has 0 saturated heterocycles. The average molecular weight is 213 g/mol. The van der Waals surface area contributed by atoms with E-state index in [1.807, 2.05) is 6.92 Å². The van der Waals surface area contributed by atoms with Gasteiger partial charge in [0.25, 0.3) is 0 Å². The molecule has 0 spiro atoms. The molecule has 0 amide bonds. The van der Waals surface area contributed by atoms with E-state index in [2.05, 4.69) is 6.07 Å². The van der Waals surface area contributed by atoms with Gasteiger partial charge in [-0.05, 0) is 35.7 Å². The maximum absolute atomic E-state index is 11.1. The fraction of sp³-hybridized carbons (Fsp3) is 0.333. The second-order valence-electron chi connectivity index (χ2n) is 2.97. The van der Waals surface area contributed by atoms with Crippen molar-refractivity contribution in [3.05, 3.63) is 29.3 Å². The van der Waals surface area contributed by atoms with E-state index in [1.54, 1.807) is 0 Å². The van der Waals surface area contributed by atoms with E-state index in [4.69, 9.17) is 10.9 Å². The second kappa shape index (κ2) is 4.08. The fourth-order valence-electron chi connectivity index (χ4n) is 1.13. The number of sulfonamides is 1. The molecule has 0 aliphatic heterocycles. The highest BCUT2D eigenvalue weighted by atomic mass is 32.2. The summed E-state index contributed by atoms with van der Waals surface area (Å²) in [5.74, 6) is 0. The molecule has 1 rings (SSSR count). The third kappa shape index (κ3) is 2.54. The van der Waals surface area contributed by atoms with Crippen LogP contribution in [0.3, 0.4) is 0 Å². The molecule has 0 heterocycles. The molecule has 1 radical (unpaired) electrons. The Bertz CT molecular complexity index is 404. The summed E-state index contributed by atoms with van der Waals surface area (Å²) in [5.41, 5.74) is 6.88. The number of hydrogen-bond donors (Lipinski definition) is 2. The van der Waals surface area contributed by atoms with E-state index >= 15 is 0 Å². The zero-order chi connectivity index (χ0) is 10.8. The van der Waals surface area contributed by atoms with E-state index in [0.29, 0.717) is 12.0 Å². The smallest absolute Gasteiger partial charge is 0.238 e. The van der Waals surface area contributed by atoms with E-state index in [9.17, 15) is 8.42 Å². The van der Waals surface area contributed by atoms with Gasteiger partial charge in [-0.25, -0.2) is 13.6 Å². The van der Waals surface area contributed by atoms with Crippen molar-refractivity contribution in [1.29, 1.82) is 0 Å². The number of primary sulfonamides is 1. The van der Waals surface area contributed by atoms with Crippen molar-refractivity contribution in [2.45, 2.75) is 24.8 Å². The highest BCUT2D eigenvalue weighted by Gasteiger charge is 2.09. The van der Waals surface area contributed by atoms with E-state index in [0.717, 1.165) is 5.56 Å². The Balaban J connectivity index is 3.32. The predicted octanol–water partition coefficient (Wildman–Crippen LogP) is 0.155. The standard InChI is InChI=1S/C9H13N2O2S/c1-2-7-3-8(6-10)5-9(4-7)14(11,12)13/h4-5H,2,6,10H2,1H3,(H2,11,12,13). The van der Waals surface area contributed by atoms with Gasteiger partial charge in [0.1, 0.15) is 0 Å². The van der Waals surface area contributed by atoms with Crippen LogP contribution in [-0.2, 0) is 23.0 Å². The Morgan fingerprint density at radius 2 is 1.93 bits per heavy atom. The molecule has 5 heteroatoms. The Morgan fingerprint density at radius 1 is 1.36 bits per heavy atom. The van der Waals surface area contributed by atoms with Gasteiger partial charge < -0.3 is 5.73 Å². The molecule has 4 nitrogen and oxygen atoms in total. The lowest BCUT2D eigenvalue weighted by molar-refractivity contribution is 0.597. The number of hydrogen-bond acceptors (Lipinski definition) is 3. The Morgan fingerprint density at radius 3 is 2.36 bits per heavy atom. The van der Waals surface area contributed by atoms with Crippen molar-refractivity contribution in [3.8, 4) is 0 Å². The molecule has 0 saturated carbocycles. The minimum atomic E-state index is -3.64. The molecule has 0 fully saturated rings. The van der Waals surface area contributed by atoms with Crippen molar-refractivity contribution < 1.29 is 8.42 Å². The highest BCUT2D eigenvalue weighted by Crippen LogP contribution is 2.13. The molecule has 0 unspecified atom stereocenters. The maximum atomic E-state index is 11.1. The lowest BCUT2D eigenvalue weighted by Crippen LogP contribution is -2.13. The Hall–Kier alpha value is -0.910. The van der Waals surface area contributed by atoms with Crippen molar-refractivity contribution in [2.75, 3.05) is 0 Å². The third-order valence-electron chi connectivity index (χ3n) is 1.88. The van der Waals surface area contributed by atoms with Gasteiger partial charge in [-0.2, -0.15) is 0 Å². The Kier molecular flexibility index (Phi) is 3.25. The summed E-state index contributed by atoms with van der Waals surface area (Å²) in [6.45, 7) is 2.18. The van der Waals surface area contributed by atoms with Gasteiger partial charge in [-0.1, -0.05) is 6.92 Å². The van der Waals surface area contributed by atoms with Crippen molar-refractivity contribution >= 4 is 10.0 Å². The van der Waals surface area contributed by atoms with Crippen LogP contribution in [0.2, 0.25) is 0 Å². The van der Waals surface area contributed by atoms with E-state index in [1.165, 1.54) is 12.1 Å². The van der Waals surface area contributed by atoms with Crippen molar-refractivity contribution in [3.63, 3.8) is 0 Å². The summed E-state index contributed by atoms with van der Waals surface area (Å²) < 4.78 is 22.2. The van der Waals surface area contributed by atoms with Gasteiger partial charge in [-0.3, -0.25) is 0 Å². The molecular formula is C9H13N2O2S. The molecule has 0 aliphatic carbocycles. The van der Waals surface area contributed by atoms with Crippen LogP contribution in [-0.4, -0.2) is 8.42 Å². The lowest BCUT2D eigenvalue weighted by atomic mass is 10.1. The summed E-state index contributed by atoms with van der Waals surface area (Å²) >= 11 is 0. The molecular weight excluding hydrogens is 200 g/mol. The van der Waals surface area contributed by atoms with Gasteiger partial charge in [0, 0.05) is 6.54 Å². The lowest BCUT2D eigenvalue weighted by Gasteiger charge is -2.04. The summed E-state index contributed by atoms with van der Waals surface area (Å²) in [6.07, 6.45) is 0.705. The zero-order valence-corrected chi connectivity index (χ0v) is 8.76. The number of aryl methyl sites for hydroxylation is 1. The first-order valence-corrected chi connectivity index (χ1v) is 5.80. The van der Waals surface area contributed by atoms with Crippen LogP contribution in [0.5, 0.6) is 0 Å². The van der Waals surface area contributed by atoms with Crippen LogP contribution in [0.25, 0.3) is 0 Å². The van der Waals surface area contributed by atoms with Gasteiger partial charge in [0.2, 0.25) is 10.0 Å². The largest absolute Gasteiger partial charge is 0.326 e. The van der Waals surface area contributed by atoms with Gasteiger partial charge in [0.15, 0.2) is 0 Å². The first-order valence-electron chi connectivity index (χ1n) is 4.25. The van der Waals surface area contributed by atoms with Crippen molar-refractivity contribution in [1.82, 2.24) is 0 Å². The molecule has 0 aliphatic rings. The molecule has 77 valence electrons. The fourth-order valence-corrected chi connectivity index (χ4v) is 1.74. The predicted molar refractivity (Wildman–Crippen MR) is 53.9 cm³/mol. The molecule has 1 aromatic rings. The first kappa shape index (κ1) is 11.2. The third-order valence-corrected chi connectivity index (χ3v) is 2.78. The zero-order valence-electron chi connectivity index (χ0n) is 7.95. The van der Waals surface area contributed by atoms with Crippen LogP contribution in [0, 0.1) is 6.07 Å². The number of rotatable bonds is 3. The summed E-state index contributed by atoms with van der Waals surface area (Å²) in [6, 6.07) is 5.99. The van der Waals surface area contributed by atoms with Crippen LogP contribution in [0.4, 0.5) is 0 Å². The van der Waals surface area contributed by atoms with Gasteiger partial charge >= 0.3 is 0 Å². The second-order valence-corrected chi connectivity index (χ2v) is 4.53. The van der Waals surface area contributed by atoms with E-state index in [-0.39, 0.29) is 11.4 Å². The SMILES string of the molecule is CCc1[c]c(CN)cc(S(N)(=O)=O)c1. The maximum Gasteiger partial charge on any atom is 0.238 e. The Labute approximate surface area is 84.0 Å². The molecule has 1 aromatic carbocycles. The van der Waals surface area contributed by atoms with Crippen molar-refractivity contribution in [2.24, 2.45) is 10.9 Å². The van der Waals surface area contributed by atoms with Gasteiger partial charge in [-0.15, -0.1) is 0 Å². The molecule has 0 aromatic heterocycles. The normalized spacial score (nSPS) is 11.6. The molecule has 0 bridgehead atoms. The van der Waals surface area contributed by atoms with Gasteiger partial charge in [0.05, 0.1) is 4.90 Å². The monoisotopic (exact) mass is 213 g/mol. The summed E-state index contributed by atoms with van der Waals surface area (Å²) in [7, 11) is -3.64. The van der Waals surface area contributed by atoms with Crippen LogP contribution in [0.1, 0.15) is 18.1 Å². The molecule has 14 heavy (non-hydrogen) atoms. The average Bonchev–Trinajstić information content (AvgIpc) is 2.15. The van der Waals surface area contributed by atoms with Crippen LogP contribution < -0.4 is 10.9 Å². The van der Waals surface area contributed by atoms with Crippen LogP contribution in [0.15, 0.2) is 17.0 Å². The molecule has 0 atom stereocenters. The summed E-state index contributed by atoms with van der Waals surface area (Å²) in [5, 5.41) is 5.02. The summed E-state index contributed by atoms with van der Waals surface area (Å²) in [4.78, 5) is 0.105.